The molecule has 82 valence electrons. The standard InChI is InChI=1S/C14H21N/c1-3-9-15-11(2)13-5-4-6-14(10-13)12-7-8-12/h4-6,10-12,15H,3,7-9H2,1-2H3. The quantitative estimate of drug-likeness (QED) is 0.770. The van der Waals surface area contributed by atoms with E-state index in [1.54, 1.807) is 0 Å². The molecule has 15 heavy (non-hydrogen) atoms. The molecule has 1 aromatic carbocycles. The molecule has 0 heterocycles. The average Bonchev–Trinajstić information content (AvgIpc) is 3.10. The maximum Gasteiger partial charge on any atom is 0.0291 e. The summed E-state index contributed by atoms with van der Waals surface area (Å²) < 4.78 is 0. The van der Waals surface area contributed by atoms with Crippen molar-refractivity contribution in [1.29, 1.82) is 0 Å². The Hall–Kier alpha value is -0.820. The van der Waals surface area contributed by atoms with Crippen LogP contribution in [0, 0.1) is 0 Å². The van der Waals surface area contributed by atoms with Gasteiger partial charge in [0.2, 0.25) is 0 Å². The number of benzene rings is 1. The summed E-state index contributed by atoms with van der Waals surface area (Å²) in [5.74, 6) is 0.864. The molecule has 0 bridgehead atoms. The van der Waals surface area contributed by atoms with Crippen LogP contribution in [-0.2, 0) is 0 Å². The fourth-order valence-electron chi connectivity index (χ4n) is 1.98. The highest BCUT2D eigenvalue weighted by atomic mass is 14.9. The molecular formula is C14H21N. The van der Waals surface area contributed by atoms with Gasteiger partial charge in [0.25, 0.3) is 0 Å². The predicted octanol–water partition coefficient (Wildman–Crippen LogP) is 3.62. The average molecular weight is 203 g/mol. The fraction of sp³-hybridized carbons (Fsp3) is 0.571. The lowest BCUT2D eigenvalue weighted by Gasteiger charge is -2.14. The molecule has 1 atom stereocenters. The van der Waals surface area contributed by atoms with Crippen LogP contribution in [0.4, 0.5) is 0 Å². The lowest BCUT2D eigenvalue weighted by Crippen LogP contribution is -2.19. The molecule has 1 nitrogen and oxygen atoms in total. The van der Waals surface area contributed by atoms with Gasteiger partial charge >= 0.3 is 0 Å². The first kappa shape index (κ1) is 10.7. The molecule has 0 amide bonds. The van der Waals surface area contributed by atoms with Crippen LogP contribution >= 0.6 is 0 Å². The number of nitrogens with one attached hydrogen (secondary N) is 1. The summed E-state index contributed by atoms with van der Waals surface area (Å²) in [6.07, 6.45) is 3.98. The van der Waals surface area contributed by atoms with Crippen LogP contribution in [-0.4, -0.2) is 6.54 Å². The van der Waals surface area contributed by atoms with Crippen LogP contribution in [0.15, 0.2) is 24.3 Å². The molecule has 0 saturated heterocycles. The van der Waals surface area contributed by atoms with Crippen LogP contribution in [0.5, 0.6) is 0 Å². The van der Waals surface area contributed by atoms with E-state index in [-0.39, 0.29) is 0 Å². The normalized spacial score (nSPS) is 17.7. The van der Waals surface area contributed by atoms with Crippen LogP contribution < -0.4 is 5.32 Å². The van der Waals surface area contributed by atoms with Gasteiger partial charge in [-0.05, 0) is 49.8 Å². The van der Waals surface area contributed by atoms with E-state index in [9.17, 15) is 0 Å². The molecule has 0 radical (unpaired) electrons. The monoisotopic (exact) mass is 203 g/mol. The van der Waals surface area contributed by atoms with Crippen LogP contribution in [0.2, 0.25) is 0 Å². The predicted molar refractivity (Wildman–Crippen MR) is 65.1 cm³/mol. The van der Waals surface area contributed by atoms with Gasteiger partial charge in [0.05, 0.1) is 0 Å². The molecule has 0 spiro atoms. The van der Waals surface area contributed by atoms with Gasteiger partial charge in [-0.2, -0.15) is 0 Å². The third-order valence-electron chi connectivity index (χ3n) is 3.16. The minimum atomic E-state index is 0.489. The van der Waals surface area contributed by atoms with E-state index in [4.69, 9.17) is 0 Å². The van der Waals surface area contributed by atoms with Gasteiger partial charge in [-0.3, -0.25) is 0 Å². The molecule has 0 aromatic heterocycles. The molecule has 0 aliphatic heterocycles. The Morgan fingerprint density at radius 3 is 2.87 bits per heavy atom. The van der Waals surface area contributed by atoms with E-state index >= 15 is 0 Å². The van der Waals surface area contributed by atoms with E-state index in [1.165, 1.54) is 30.4 Å². The largest absolute Gasteiger partial charge is 0.310 e. The molecule has 1 saturated carbocycles. The third kappa shape index (κ3) is 2.82. The smallest absolute Gasteiger partial charge is 0.0291 e. The van der Waals surface area contributed by atoms with Gasteiger partial charge < -0.3 is 5.32 Å². The zero-order valence-corrected chi connectivity index (χ0v) is 9.79. The van der Waals surface area contributed by atoms with Crippen molar-refractivity contribution < 1.29 is 0 Å². The zero-order valence-electron chi connectivity index (χ0n) is 9.79. The lowest BCUT2D eigenvalue weighted by atomic mass is 10.0. The fourth-order valence-corrected chi connectivity index (χ4v) is 1.98. The number of hydrogen-bond donors (Lipinski definition) is 1. The Kier molecular flexibility index (Phi) is 3.42. The Bertz CT molecular complexity index is 315. The van der Waals surface area contributed by atoms with Gasteiger partial charge in [-0.15, -0.1) is 0 Å². The Morgan fingerprint density at radius 2 is 2.20 bits per heavy atom. The highest BCUT2D eigenvalue weighted by Gasteiger charge is 2.23. The maximum absolute atomic E-state index is 3.54. The second-order valence-electron chi connectivity index (χ2n) is 4.62. The number of hydrogen-bond acceptors (Lipinski definition) is 1. The summed E-state index contributed by atoms with van der Waals surface area (Å²) in [6.45, 7) is 5.57. The second-order valence-corrected chi connectivity index (χ2v) is 4.62. The van der Waals surface area contributed by atoms with Gasteiger partial charge in [0.1, 0.15) is 0 Å². The molecule has 1 N–H and O–H groups in total. The van der Waals surface area contributed by atoms with Gasteiger partial charge in [-0.1, -0.05) is 31.2 Å². The first-order valence-electron chi connectivity index (χ1n) is 6.14. The van der Waals surface area contributed by atoms with E-state index in [0.29, 0.717) is 6.04 Å². The molecular weight excluding hydrogens is 182 g/mol. The van der Waals surface area contributed by atoms with Crippen molar-refractivity contribution in [2.75, 3.05) is 6.54 Å². The topological polar surface area (TPSA) is 12.0 Å². The van der Waals surface area contributed by atoms with Gasteiger partial charge in [0, 0.05) is 6.04 Å². The van der Waals surface area contributed by atoms with E-state index in [2.05, 4.69) is 43.4 Å². The van der Waals surface area contributed by atoms with E-state index in [1.807, 2.05) is 0 Å². The first-order chi connectivity index (χ1) is 7.31. The molecule has 1 fully saturated rings. The van der Waals surface area contributed by atoms with Crippen LogP contribution in [0.3, 0.4) is 0 Å². The Morgan fingerprint density at radius 1 is 1.40 bits per heavy atom. The van der Waals surface area contributed by atoms with E-state index in [0.717, 1.165) is 12.5 Å². The summed E-state index contributed by atoms with van der Waals surface area (Å²) >= 11 is 0. The lowest BCUT2D eigenvalue weighted by molar-refractivity contribution is 0.570. The SMILES string of the molecule is CCCNC(C)c1cccc(C2CC2)c1. The zero-order chi connectivity index (χ0) is 10.7. The summed E-state index contributed by atoms with van der Waals surface area (Å²) in [7, 11) is 0. The van der Waals surface area contributed by atoms with E-state index < -0.39 is 0 Å². The maximum atomic E-state index is 3.54. The minimum Gasteiger partial charge on any atom is -0.310 e. The highest BCUT2D eigenvalue weighted by molar-refractivity contribution is 5.30. The molecule has 1 aliphatic rings. The molecule has 2 rings (SSSR count). The van der Waals surface area contributed by atoms with Gasteiger partial charge in [0.15, 0.2) is 0 Å². The summed E-state index contributed by atoms with van der Waals surface area (Å²) in [4.78, 5) is 0. The Labute approximate surface area is 92.9 Å². The van der Waals surface area contributed by atoms with Crippen molar-refractivity contribution in [3.05, 3.63) is 35.4 Å². The Balaban J connectivity index is 2.02. The molecule has 1 aliphatic carbocycles. The van der Waals surface area contributed by atoms with Crippen molar-refractivity contribution in [1.82, 2.24) is 5.32 Å². The summed E-state index contributed by atoms with van der Waals surface area (Å²) in [6, 6.07) is 9.58. The molecule has 1 aromatic rings. The van der Waals surface area contributed by atoms with Crippen LogP contribution in [0.1, 0.15) is 56.2 Å². The van der Waals surface area contributed by atoms with Crippen molar-refractivity contribution in [2.24, 2.45) is 0 Å². The minimum absolute atomic E-state index is 0.489. The third-order valence-corrected chi connectivity index (χ3v) is 3.16. The van der Waals surface area contributed by atoms with Crippen molar-refractivity contribution in [3.8, 4) is 0 Å². The summed E-state index contributed by atoms with van der Waals surface area (Å²) in [5, 5.41) is 3.54. The summed E-state index contributed by atoms with van der Waals surface area (Å²) in [5.41, 5.74) is 2.98. The second kappa shape index (κ2) is 4.80. The molecule has 1 unspecified atom stereocenters. The van der Waals surface area contributed by atoms with Crippen molar-refractivity contribution in [2.45, 2.75) is 45.1 Å². The van der Waals surface area contributed by atoms with Gasteiger partial charge in [-0.25, -0.2) is 0 Å². The number of rotatable bonds is 5. The van der Waals surface area contributed by atoms with Crippen LogP contribution in [0.25, 0.3) is 0 Å². The van der Waals surface area contributed by atoms with Crippen molar-refractivity contribution >= 4 is 0 Å². The highest BCUT2D eigenvalue weighted by Crippen LogP contribution is 2.40. The van der Waals surface area contributed by atoms with Crippen molar-refractivity contribution in [3.63, 3.8) is 0 Å². The molecule has 1 heteroatoms. The first-order valence-corrected chi connectivity index (χ1v) is 6.14.